The third-order valence-electron chi connectivity index (χ3n) is 5.81. The van der Waals surface area contributed by atoms with E-state index in [0.717, 1.165) is 38.4 Å². The van der Waals surface area contributed by atoms with Gasteiger partial charge in [0.2, 0.25) is 0 Å². The first-order valence-corrected chi connectivity index (χ1v) is 12.6. The largest absolute Gasteiger partial charge is 0.382 e. The number of hydrogen-bond acceptors (Lipinski definition) is 9. The van der Waals surface area contributed by atoms with Crippen molar-refractivity contribution in [3.63, 3.8) is 0 Å². The summed E-state index contributed by atoms with van der Waals surface area (Å²) in [5.41, 5.74) is 5.66. The van der Waals surface area contributed by atoms with Crippen LogP contribution in [0.25, 0.3) is 38.3 Å². The lowest BCUT2D eigenvalue weighted by Gasteiger charge is -2.14. The van der Waals surface area contributed by atoms with Crippen molar-refractivity contribution in [2.75, 3.05) is 5.32 Å². The van der Waals surface area contributed by atoms with Crippen LogP contribution in [0.4, 0.5) is 5.69 Å². The van der Waals surface area contributed by atoms with E-state index in [1.165, 1.54) is 10.9 Å². The smallest absolute Gasteiger partial charge is 0.164 e. The number of nitriles is 1. The highest BCUT2D eigenvalue weighted by molar-refractivity contribution is 7.18. The Labute approximate surface area is 216 Å². The minimum atomic E-state index is 0.183. The van der Waals surface area contributed by atoms with Gasteiger partial charge >= 0.3 is 0 Å². The molecule has 6 aromatic rings. The molecule has 0 aliphatic rings. The van der Waals surface area contributed by atoms with E-state index in [0.29, 0.717) is 23.6 Å². The summed E-state index contributed by atoms with van der Waals surface area (Å²) in [6.45, 7) is 6.76. The molecule has 0 saturated heterocycles. The van der Waals surface area contributed by atoms with E-state index in [2.05, 4.69) is 73.8 Å². The highest BCUT2D eigenvalue weighted by atomic mass is 32.1. The molecule has 6 rings (SSSR count). The predicted octanol–water partition coefficient (Wildman–Crippen LogP) is 4.73. The fraction of sp³-hybridized carbons (Fsp3) is 0.192. The molecule has 1 aromatic carbocycles. The van der Waals surface area contributed by atoms with E-state index >= 15 is 0 Å². The van der Waals surface area contributed by atoms with Gasteiger partial charge in [-0.3, -0.25) is 0 Å². The van der Waals surface area contributed by atoms with Crippen LogP contribution in [0.2, 0.25) is 0 Å². The van der Waals surface area contributed by atoms with Gasteiger partial charge in [-0.25, -0.2) is 19.6 Å². The minimum absolute atomic E-state index is 0.183. The summed E-state index contributed by atoms with van der Waals surface area (Å²) in [6.07, 6.45) is 6.92. The second-order valence-corrected chi connectivity index (χ2v) is 10.3. The Morgan fingerprint density at radius 2 is 2.00 bits per heavy atom. The normalized spacial score (nSPS) is 11.4. The molecule has 0 aliphatic carbocycles. The molecule has 5 aromatic heterocycles. The number of hydrogen-bond donors (Lipinski definition) is 1. The summed E-state index contributed by atoms with van der Waals surface area (Å²) in [5.74, 6) is 0.610. The van der Waals surface area contributed by atoms with Crippen LogP contribution in [-0.4, -0.2) is 45.8 Å². The number of pyridine rings is 2. The highest BCUT2D eigenvalue weighted by Crippen LogP contribution is 2.29. The first kappa shape index (κ1) is 22.8. The summed E-state index contributed by atoms with van der Waals surface area (Å²) in [7, 11) is 0. The molecule has 5 heterocycles. The molecule has 1 N–H and O–H groups in total. The van der Waals surface area contributed by atoms with Crippen molar-refractivity contribution >= 4 is 38.3 Å². The fourth-order valence-corrected chi connectivity index (χ4v) is 5.02. The molecule has 10 nitrogen and oxygen atoms in total. The Hall–Kier alpha value is -4.69. The van der Waals surface area contributed by atoms with Gasteiger partial charge in [-0.1, -0.05) is 11.3 Å². The van der Waals surface area contributed by atoms with Gasteiger partial charge < -0.3 is 5.32 Å². The van der Waals surface area contributed by atoms with E-state index in [4.69, 9.17) is 5.26 Å². The van der Waals surface area contributed by atoms with Crippen LogP contribution in [0, 0.1) is 18.3 Å². The molecule has 0 unspecified atom stereocenters. The lowest BCUT2D eigenvalue weighted by atomic mass is 10.1. The van der Waals surface area contributed by atoms with Crippen LogP contribution < -0.4 is 5.32 Å². The monoisotopic (exact) mass is 506 g/mol. The van der Waals surface area contributed by atoms with Gasteiger partial charge in [0.1, 0.15) is 11.8 Å². The van der Waals surface area contributed by atoms with Crippen LogP contribution in [0.3, 0.4) is 0 Å². The molecular formula is C26H22N10S. The number of nitrogens with one attached hydrogen (secondary N) is 1. The number of aromatic nitrogens is 8. The fourth-order valence-electron chi connectivity index (χ4n) is 4.22. The Morgan fingerprint density at radius 3 is 2.84 bits per heavy atom. The lowest BCUT2D eigenvalue weighted by molar-refractivity contribution is 0.650. The van der Waals surface area contributed by atoms with E-state index in [1.54, 1.807) is 34.5 Å². The van der Waals surface area contributed by atoms with Gasteiger partial charge in [-0.2, -0.15) is 15.0 Å². The molecule has 0 saturated carbocycles. The molecular weight excluding hydrogens is 484 g/mol. The number of fused-ring (bicyclic) bond motifs is 2. The Morgan fingerprint density at radius 1 is 1.11 bits per heavy atom. The SMILES string of the molecule is Cc1nc2cc(Cn3cc(-c4cnc(-n5ncc6cc(C#N)cnc65)cc4NC(C)C)nn3)ccc2s1. The number of aryl methyl sites for hydroxylation is 1. The highest BCUT2D eigenvalue weighted by Gasteiger charge is 2.16. The second-order valence-electron chi connectivity index (χ2n) is 9.03. The number of rotatable bonds is 6. The third kappa shape index (κ3) is 4.39. The van der Waals surface area contributed by atoms with Crippen molar-refractivity contribution in [2.24, 2.45) is 0 Å². The number of thiazole rings is 1. The van der Waals surface area contributed by atoms with Gasteiger partial charge in [-0.05, 0) is 44.5 Å². The summed E-state index contributed by atoms with van der Waals surface area (Å²) < 4.78 is 4.67. The van der Waals surface area contributed by atoms with Crippen molar-refractivity contribution in [1.29, 1.82) is 5.26 Å². The van der Waals surface area contributed by atoms with Crippen LogP contribution in [0.5, 0.6) is 0 Å². The van der Waals surface area contributed by atoms with Crippen LogP contribution >= 0.6 is 11.3 Å². The zero-order valence-electron chi connectivity index (χ0n) is 20.4. The second kappa shape index (κ2) is 9.07. The molecule has 0 amide bonds. The lowest BCUT2D eigenvalue weighted by Crippen LogP contribution is -2.12. The molecule has 37 heavy (non-hydrogen) atoms. The Kier molecular flexibility index (Phi) is 5.58. The van der Waals surface area contributed by atoms with E-state index in [1.807, 2.05) is 23.9 Å². The maximum atomic E-state index is 9.15. The minimum Gasteiger partial charge on any atom is -0.382 e. The maximum Gasteiger partial charge on any atom is 0.164 e. The first-order chi connectivity index (χ1) is 18.0. The van der Waals surface area contributed by atoms with Crippen LogP contribution in [0.15, 0.2) is 55.1 Å². The van der Waals surface area contributed by atoms with Crippen molar-refractivity contribution < 1.29 is 0 Å². The molecule has 182 valence electrons. The molecule has 0 aliphatic heterocycles. The van der Waals surface area contributed by atoms with Crippen molar-refractivity contribution in [1.82, 2.24) is 39.7 Å². The molecule has 0 radical (unpaired) electrons. The maximum absolute atomic E-state index is 9.15. The third-order valence-corrected chi connectivity index (χ3v) is 6.76. The van der Waals surface area contributed by atoms with Crippen molar-refractivity contribution in [3.05, 3.63) is 71.3 Å². The van der Waals surface area contributed by atoms with E-state index in [9.17, 15) is 0 Å². The summed E-state index contributed by atoms with van der Waals surface area (Å²) in [4.78, 5) is 13.7. The van der Waals surface area contributed by atoms with Crippen LogP contribution in [-0.2, 0) is 6.54 Å². The molecule has 0 bridgehead atoms. The molecule has 0 spiro atoms. The predicted molar refractivity (Wildman–Crippen MR) is 143 cm³/mol. The van der Waals surface area contributed by atoms with E-state index < -0.39 is 0 Å². The summed E-state index contributed by atoms with van der Waals surface area (Å²) >= 11 is 1.69. The van der Waals surface area contributed by atoms with Gasteiger partial charge in [-0.15, -0.1) is 16.4 Å². The van der Waals surface area contributed by atoms with Crippen LogP contribution in [0.1, 0.15) is 30.0 Å². The zero-order valence-corrected chi connectivity index (χ0v) is 21.2. The first-order valence-electron chi connectivity index (χ1n) is 11.7. The summed E-state index contributed by atoms with van der Waals surface area (Å²) in [6, 6.07) is 12.3. The molecule has 0 atom stereocenters. The molecule has 0 fully saturated rings. The zero-order chi connectivity index (χ0) is 25.5. The standard InChI is InChI=1S/C26H22N10S/c1-15(2)31-21-8-25(36-26-19(11-30-36)6-18(9-27)10-29-26)28-12-20(21)23-14-35(34-33-23)13-17-4-5-24-22(7-17)32-16(3)37-24/h4-8,10-12,14-15H,13H2,1-3H3,(H,28,31). The Bertz CT molecular complexity index is 1800. The van der Waals surface area contributed by atoms with E-state index in [-0.39, 0.29) is 6.04 Å². The quantitative estimate of drug-likeness (QED) is 0.344. The average molecular weight is 507 g/mol. The number of anilines is 1. The van der Waals surface area contributed by atoms with Gasteiger partial charge in [0.25, 0.3) is 0 Å². The van der Waals surface area contributed by atoms with Gasteiger partial charge in [0, 0.05) is 41.1 Å². The van der Waals surface area contributed by atoms with Crippen molar-refractivity contribution in [3.8, 4) is 23.1 Å². The van der Waals surface area contributed by atoms with Gasteiger partial charge in [0.05, 0.1) is 39.7 Å². The topological polar surface area (TPSA) is 123 Å². The number of benzene rings is 1. The summed E-state index contributed by atoms with van der Waals surface area (Å²) in [5, 5.41) is 27.7. The molecule has 11 heteroatoms. The average Bonchev–Trinajstić information content (AvgIpc) is 3.60. The Balaban J connectivity index is 1.33. The van der Waals surface area contributed by atoms with Crippen molar-refractivity contribution in [2.45, 2.75) is 33.4 Å². The number of nitrogens with zero attached hydrogens (tertiary/aromatic N) is 9. The van der Waals surface area contributed by atoms with Gasteiger partial charge in [0.15, 0.2) is 11.5 Å².